The summed E-state index contributed by atoms with van der Waals surface area (Å²) in [6.07, 6.45) is 0. The summed E-state index contributed by atoms with van der Waals surface area (Å²) in [5, 5.41) is 11.5. The van der Waals surface area contributed by atoms with Crippen molar-refractivity contribution in [1.29, 1.82) is 0 Å². The van der Waals surface area contributed by atoms with E-state index in [1.807, 2.05) is 0 Å². The quantitative estimate of drug-likeness (QED) is 0.848. The van der Waals surface area contributed by atoms with E-state index in [0.29, 0.717) is 16.3 Å². The van der Waals surface area contributed by atoms with E-state index in [1.165, 1.54) is 6.07 Å². The van der Waals surface area contributed by atoms with Gasteiger partial charge in [-0.2, -0.15) is 0 Å². The van der Waals surface area contributed by atoms with Gasteiger partial charge < -0.3 is 14.6 Å². The molecule has 0 atom stereocenters. The number of carboxylic acid groups (broad SMARTS) is 1. The van der Waals surface area contributed by atoms with Crippen LogP contribution in [0.25, 0.3) is 0 Å². The Morgan fingerprint density at radius 3 is 2.44 bits per heavy atom. The van der Waals surface area contributed by atoms with Crippen LogP contribution >= 0.6 is 11.6 Å². The highest BCUT2D eigenvalue weighted by Crippen LogP contribution is 2.17. The van der Waals surface area contributed by atoms with Gasteiger partial charge in [0.1, 0.15) is 12.4 Å². The van der Waals surface area contributed by atoms with E-state index >= 15 is 0 Å². The Hall–Kier alpha value is -2.00. The van der Waals surface area contributed by atoms with Gasteiger partial charge in [0, 0.05) is 10.6 Å². The minimum absolute atomic E-state index is 0.145. The topological polar surface area (TPSA) is 49.4 Å². The van der Waals surface area contributed by atoms with Crippen LogP contribution in [0.1, 0.15) is 15.9 Å². The van der Waals surface area contributed by atoms with Gasteiger partial charge >= 0.3 is 0 Å². The minimum atomic E-state index is -1.20. The minimum Gasteiger partial charge on any atom is -0.545 e. The summed E-state index contributed by atoms with van der Waals surface area (Å²) in [7, 11) is 0. The number of benzene rings is 2. The Kier molecular flexibility index (Phi) is 3.85. The van der Waals surface area contributed by atoms with Gasteiger partial charge in [-0.25, -0.2) is 0 Å². The van der Waals surface area contributed by atoms with E-state index in [-0.39, 0.29) is 12.2 Å². The molecule has 2 rings (SSSR count). The highest BCUT2D eigenvalue weighted by molar-refractivity contribution is 6.30. The number of carboxylic acids is 1. The predicted molar refractivity (Wildman–Crippen MR) is 66.6 cm³/mol. The monoisotopic (exact) mass is 261 g/mol. The smallest absolute Gasteiger partial charge is 0.119 e. The molecule has 18 heavy (non-hydrogen) atoms. The highest BCUT2D eigenvalue weighted by atomic mass is 35.5. The highest BCUT2D eigenvalue weighted by Gasteiger charge is 2.03. The summed E-state index contributed by atoms with van der Waals surface area (Å²) in [6.45, 7) is 0.172. The number of aromatic carboxylic acids is 1. The maximum atomic E-state index is 10.9. The van der Waals surface area contributed by atoms with Crippen LogP contribution in [0.2, 0.25) is 5.02 Å². The van der Waals surface area contributed by atoms with Crippen LogP contribution < -0.4 is 9.84 Å². The van der Waals surface area contributed by atoms with Gasteiger partial charge in [0.25, 0.3) is 0 Å². The molecule has 0 radical (unpaired) electrons. The lowest BCUT2D eigenvalue weighted by Gasteiger charge is -2.11. The fourth-order valence-electron chi connectivity index (χ4n) is 1.54. The molecule has 0 N–H and O–H groups in total. The van der Waals surface area contributed by atoms with Crippen LogP contribution in [0.15, 0.2) is 48.5 Å². The van der Waals surface area contributed by atoms with Gasteiger partial charge in [-0.1, -0.05) is 35.9 Å². The largest absolute Gasteiger partial charge is 0.545 e. The van der Waals surface area contributed by atoms with Crippen molar-refractivity contribution in [2.24, 2.45) is 0 Å². The Morgan fingerprint density at radius 1 is 1.11 bits per heavy atom. The van der Waals surface area contributed by atoms with E-state index in [4.69, 9.17) is 16.3 Å². The average molecular weight is 262 g/mol. The van der Waals surface area contributed by atoms with Crippen molar-refractivity contribution in [3.63, 3.8) is 0 Å². The number of carbonyl (C=O) groups is 1. The zero-order valence-corrected chi connectivity index (χ0v) is 10.2. The van der Waals surface area contributed by atoms with Crippen LogP contribution in [0.4, 0.5) is 0 Å². The van der Waals surface area contributed by atoms with Crippen molar-refractivity contribution in [1.82, 2.24) is 0 Å². The summed E-state index contributed by atoms with van der Waals surface area (Å²) in [5.41, 5.74) is 0.721. The molecule has 92 valence electrons. The lowest BCUT2D eigenvalue weighted by atomic mass is 10.1. The summed E-state index contributed by atoms with van der Waals surface area (Å²) < 4.78 is 5.49. The van der Waals surface area contributed by atoms with Crippen molar-refractivity contribution < 1.29 is 14.6 Å². The number of hydrogen-bond acceptors (Lipinski definition) is 3. The maximum absolute atomic E-state index is 10.9. The van der Waals surface area contributed by atoms with Crippen molar-refractivity contribution >= 4 is 17.6 Å². The molecule has 4 heteroatoms. The second kappa shape index (κ2) is 5.56. The van der Waals surface area contributed by atoms with Crippen LogP contribution in [0.3, 0.4) is 0 Å². The van der Waals surface area contributed by atoms with Gasteiger partial charge in [-0.05, 0) is 29.8 Å². The molecule has 0 unspecified atom stereocenters. The van der Waals surface area contributed by atoms with E-state index in [2.05, 4.69) is 0 Å². The maximum Gasteiger partial charge on any atom is 0.119 e. The molecule has 0 heterocycles. The SMILES string of the molecule is O=C([O-])c1ccccc1COc1ccc(Cl)cc1. The number of carbonyl (C=O) groups excluding carboxylic acids is 1. The lowest BCUT2D eigenvalue weighted by Crippen LogP contribution is -2.24. The van der Waals surface area contributed by atoms with E-state index in [0.717, 1.165) is 0 Å². The normalized spacial score (nSPS) is 10.1. The summed E-state index contributed by atoms with van der Waals surface area (Å²) >= 11 is 5.75. The Balaban J connectivity index is 2.10. The van der Waals surface area contributed by atoms with Crippen molar-refractivity contribution in [2.45, 2.75) is 6.61 Å². The number of hydrogen-bond donors (Lipinski definition) is 0. The molecule has 0 amide bonds. The van der Waals surface area contributed by atoms with Crippen molar-refractivity contribution in [3.8, 4) is 5.75 Å². The fraction of sp³-hybridized carbons (Fsp3) is 0.0714. The first-order chi connectivity index (χ1) is 8.66. The molecular weight excluding hydrogens is 252 g/mol. The molecule has 0 aromatic heterocycles. The summed E-state index contributed by atoms with van der Waals surface area (Å²) in [6, 6.07) is 13.5. The second-order valence-electron chi connectivity index (χ2n) is 3.69. The molecule has 0 saturated heterocycles. The molecule has 0 aliphatic carbocycles. The standard InChI is InChI=1S/C14H11ClO3/c15-11-5-7-12(8-6-11)18-9-10-3-1-2-4-13(10)14(16)17/h1-8H,9H2,(H,16,17)/p-1. The van der Waals surface area contributed by atoms with E-state index < -0.39 is 5.97 Å². The Labute approximate surface area is 110 Å². The molecule has 2 aromatic rings. The number of ether oxygens (including phenoxy) is 1. The van der Waals surface area contributed by atoms with Gasteiger partial charge in [0.15, 0.2) is 0 Å². The van der Waals surface area contributed by atoms with E-state index in [1.54, 1.807) is 42.5 Å². The van der Waals surface area contributed by atoms with Crippen LogP contribution in [0.5, 0.6) is 5.75 Å². The molecule has 0 saturated carbocycles. The molecule has 3 nitrogen and oxygen atoms in total. The average Bonchev–Trinajstić information content (AvgIpc) is 2.38. The van der Waals surface area contributed by atoms with Crippen LogP contribution in [-0.2, 0) is 6.61 Å². The molecule has 2 aromatic carbocycles. The third kappa shape index (κ3) is 3.02. The lowest BCUT2D eigenvalue weighted by molar-refractivity contribution is -0.255. The first-order valence-electron chi connectivity index (χ1n) is 5.34. The molecule has 0 aliphatic rings. The van der Waals surface area contributed by atoms with Crippen LogP contribution in [-0.4, -0.2) is 5.97 Å². The molecule has 0 aliphatic heterocycles. The van der Waals surface area contributed by atoms with Gasteiger partial charge in [-0.3, -0.25) is 0 Å². The van der Waals surface area contributed by atoms with E-state index in [9.17, 15) is 9.90 Å². The van der Waals surface area contributed by atoms with Crippen molar-refractivity contribution in [3.05, 3.63) is 64.7 Å². The number of rotatable bonds is 4. The number of halogens is 1. The first kappa shape index (κ1) is 12.5. The van der Waals surface area contributed by atoms with Gasteiger partial charge in [0.05, 0.1) is 5.97 Å². The third-order valence-electron chi connectivity index (χ3n) is 2.45. The zero-order valence-electron chi connectivity index (χ0n) is 9.43. The van der Waals surface area contributed by atoms with Crippen molar-refractivity contribution in [2.75, 3.05) is 0 Å². The Bertz CT molecular complexity index is 549. The first-order valence-corrected chi connectivity index (χ1v) is 5.72. The van der Waals surface area contributed by atoms with Crippen LogP contribution in [0, 0.1) is 0 Å². The molecule has 0 bridgehead atoms. The Morgan fingerprint density at radius 2 is 1.78 bits per heavy atom. The fourth-order valence-corrected chi connectivity index (χ4v) is 1.66. The molecular formula is C14H10ClO3-. The second-order valence-corrected chi connectivity index (χ2v) is 4.12. The van der Waals surface area contributed by atoms with Gasteiger partial charge in [-0.15, -0.1) is 0 Å². The molecule has 0 spiro atoms. The predicted octanol–water partition coefficient (Wildman–Crippen LogP) is 2.28. The zero-order chi connectivity index (χ0) is 13.0. The van der Waals surface area contributed by atoms with Gasteiger partial charge in [0.2, 0.25) is 0 Å². The molecule has 0 fully saturated rings. The summed E-state index contributed by atoms with van der Waals surface area (Å²) in [4.78, 5) is 10.9. The third-order valence-corrected chi connectivity index (χ3v) is 2.70. The summed E-state index contributed by atoms with van der Waals surface area (Å²) in [5.74, 6) is -0.571.